The van der Waals surface area contributed by atoms with Crippen LogP contribution in [0.25, 0.3) is 0 Å². The van der Waals surface area contributed by atoms with Crippen LogP contribution in [-0.2, 0) is 21.7 Å². The molecule has 3 aromatic carbocycles. The second kappa shape index (κ2) is 9.71. The van der Waals surface area contributed by atoms with E-state index >= 15 is 0 Å². The molecule has 8 aliphatic carbocycles. The molecule has 0 heterocycles. The van der Waals surface area contributed by atoms with Gasteiger partial charge in [0.25, 0.3) is 0 Å². The molecule has 4 unspecified atom stereocenters. The third kappa shape index (κ3) is 4.06. The van der Waals surface area contributed by atoms with Gasteiger partial charge in [-0.15, -0.1) is 25.7 Å². The molecule has 226 valence electrons. The average molecular weight is 595 g/mol. The summed E-state index contributed by atoms with van der Waals surface area (Å²) in [6, 6.07) is 23.3. The molecule has 0 amide bonds. The van der Waals surface area contributed by atoms with Crippen molar-refractivity contribution in [1.29, 1.82) is 0 Å². The van der Waals surface area contributed by atoms with Gasteiger partial charge in [0.2, 0.25) is 0 Å². The zero-order chi connectivity index (χ0) is 31.3. The van der Waals surface area contributed by atoms with Crippen molar-refractivity contribution in [3.8, 4) is 49.4 Å². The standard InChI is InChI=1S/C46H42/c1-5-31-13-32(6-2)18-41(17-31)45-25-35-15-36(26-45)22-43(21-35,29-45)39-9-11-40(12-10-39)44-23-37-16-38(24-44)28-46(27-37,30-44)42-19-33(7-3)14-34(8-4)20-42/h1-4,9-14,17-20,35-38H,15-16,21-30H2. The van der Waals surface area contributed by atoms with Crippen molar-refractivity contribution in [3.63, 3.8) is 0 Å². The number of rotatable bonds is 4. The summed E-state index contributed by atoms with van der Waals surface area (Å²) >= 11 is 0. The first-order valence-electron chi connectivity index (χ1n) is 17.6. The van der Waals surface area contributed by atoms with Gasteiger partial charge in [0.05, 0.1) is 0 Å². The van der Waals surface area contributed by atoms with Crippen molar-refractivity contribution >= 4 is 0 Å². The first kappa shape index (κ1) is 28.1. The molecule has 8 bridgehead atoms. The maximum absolute atomic E-state index is 5.91. The Kier molecular flexibility index (Phi) is 5.94. The minimum absolute atomic E-state index is 0.178. The van der Waals surface area contributed by atoms with Crippen LogP contribution in [0.5, 0.6) is 0 Å². The third-order valence-electron chi connectivity index (χ3n) is 14.0. The van der Waals surface area contributed by atoms with Crippen molar-refractivity contribution in [2.24, 2.45) is 23.7 Å². The van der Waals surface area contributed by atoms with Crippen LogP contribution < -0.4 is 0 Å². The van der Waals surface area contributed by atoms with Crippen LogP contribution in [0.1, 0.15) is 122 Å². The molecule has 8 saturated carbocycles. The fraction of sp³-hybridized carbons (Fsp3) is 0.435. The van der Waals surface area contributed by atoms with E-state index in [0.29, 0.717) is 0 Å². The van der Waals surface area contributed by atoms with Crippen molar-refractivity contribution in [2.45, 2.75) is 98.7 Å². The Bertz CT molecular complexity index is 1700. The van der Waals surface area contributed by atoms with Crippen LogP contribution in [0.2, 0.25) is 0 Å². The van der Waals surface area contributed by atoms with Crippen LogP contribution in [0.15, 0.2) is 60.7 Å². The molecule has 0 aromatic heterocycles. The second-order valence-electron chi connectivity index (χ2n) is 16.8. The molecule has 3 aromatic rings. The molecule has 0 radical (unpaired) electrons. The summed E-state index contributed by atoms with van der Waals surface area (Å²) in [5, 5.41) is 0. The second-order valence-corrected chi connectivity index (χ2v) is 16.8. The molecule has 46 heavy (non-hydrogen) atoms. The van der Waals surface area contributed by atoms with Gasteiger partial charge in [-0.1, -0.05) is 47.9 Å². The Balaban J connectivity index is 1.07. The molecule has 0 heteroatoms. The molecule has 0 aliphatic heterocycles. The highest BCUT2D eigenvalue weighted by Gasteiger charge is 2.60. The molecule has 8 fully saturated rings. The topological polar surface area (TPSA) is 0 Å². The lowest BCUT2D eigenvalue weighted by atomic mass is 9.41. The highest BCUT2D eigenvalue weighted by Crippen LogP contribution is 2.68. The number of hydrogen-bond donors (Lipinski definition) is 0. The highest BCUT2D eigenvalue weighted by atomic mass is 14.6. The van der Waals surface area contributed by atoms with Gasteiger partial charge >= 0.3 is 0 Å². The lowest BCUT2D eigenvalue weighted by Crippen LogP contribution is -2.56. The van der Waals surface area contributed by atoms with Crippen molar-refractivity contribution in [1.82, 2.24) is 0 Å². The van der Waals surface area contributed by atoms with E-state index in [-0.39, 0.29) is 21.7 Å². The Hall–Kier alpha value is -4.10. The smallest absolute Gasteiger partial charge is 0.0257 e. The predicted octanol–water partition coefficient (Wildman–Crippen LogP) is 9.19. The summed E-state index contributed by atoms with van der Waals surface area (Å²) in [7, 11) is 0. The summed E-state index contributed by atoms with van der Waals surface area (Å²) < 4.78 is 0. The van der Waals surface area contributed by atoms with Gasteiger partial charge in [0.1, 0.15) is 0 Å². The Morgan fingerprint density at radius 2 is 0.652 bits per heavy atom. The fourth-order valence-corrected chi connectivity index (χ4v) is 13.3. The van der Waals surface area contributed by atoms with Crippen molar-refractivity contribution in [2.75, 3.05) is 0 Å². The minimum atomic E-state index is 0.178. The quantitative estimate of drug-likeness (QED) is 0.264. The summed E-state index contributed by atoms with van der Waals surface area (Å²) in [5.74, 6) is 14.7. The number of terminal acetylenes is 4. The molecular formula is C46H42. The third-order valence-corrected chi connectivity index (χ3v) is 14.0. The van der Waals surface area contributed by atoms with Crippen molar-refractivity contribution in [3.05, 3.63) is 105 Å². The molecule has 0 spiro atoms. The minimum Gasteiger partial charge on any atom is -0.115 e. The Morgan fingerprint density at radius 1 is 0.391 bits per heavy atom. The zero-order valence-electron chi connectivity index (χ0n) is 26.9. The van der Waals surface area contributed by atoms with E-state index in [0.717, 1.165) is 45.9 Å². The lowest BCUT2D eigenvalue weighted by molar-refractivity contribution is -0.0297. The van der Waals surface area contributed by atoms with Gasteiger partial charge in [-0.05, 0) is 181 Å². The van der Waals surface area contributed by atoms with Gasteiger partial charge in [-0.25, -0.2) is 0 Å². The van der Waals surface area contributed by atoms with Crippen LogP contribution in [0.3, 0.4) is 0 Å². The molecule has 0 N–H and O–H groups in total. The van der Waals surface area contributed by atoms with E-state index in [1.807, 2.05) is 12.1 Å². The van der Waals surface area contributed by atoms with Crippen LogP contribution in [-0.4, -0.2) is 0 Å². The number of hydrogen-bond acceptors (Lipinski definition) is 0. The molecule has 4 atom stereocenters. The monoisotopic (exact) mass is 594 g/mol. The number of benzene rings is 3. The summed E-state index contributed by atoms with van der Waals surface area (Å²) in [4.78, 5) is 0. The fourth-order valence-electron chi connectivity index (χ4n) is 13.3. The van der Waals surface area contributed by atoms with E-state index in [9.17, 15) is 0 Å². The van der Waals surface area contributed by atoms with Gasteiger partial charge < -0.3 is 0 Å². The van der Waals surface area contributed by atoms with E-state index in [1.165, 1.54) is 88.2 Å². The van der Waals surface area contributed by atoms with Gasteiger partial charge in [0, 0.05) is 22.3 Å². The van der Waals surface area contributed by atoms with Crippen LogP contribution in [0.4, 0.5) is 0 Å². The van der Waals surface area contributed by atoms with Crippen LogP contribution in [0, 0.1) is 73.0 Å². The summed E-state index contributed by atoms with van der Waals surface area (Å²) in [6.45, 7) is 0. The largest absolute Gasteiger partial charge is 0.115 e. The van der Waals surface area contributed by atoms with Crippen LogP contribution >= 0.6 is 0 Å². The lowest BCUT2D eigenvalue weighted by Gasteiger charge is -2.63. The first-order valence-corrected chi connectivity index (χ1v) is 17.6. The molecule has 8 aliphatic rings. The van der Waals surface area contributed by atoms with E-state index in [4.69, 9.17) is 25.7 Å². The maximum Gasteiger partial charge on any atom is 0.0257 e. The highest BCUT2D eigenvalue weighted by molar-refractivity contribution is 5.51. The van der Waals surface area contributed by atoms with Crippen molar-refractivity contribution < 1.29 is 0 Å². The Labute approximate surface area is 276 Å². The maximum atomic E-state index is 5.91. The SMILES string of the molecule is C#Cc1cc(C#C)cc(C23CC4CC(CC(c5ccc(C67CC8CC(C6)CC(c6cc(C#C)cc(C#C)c6)(C8)C7)cc5)(C4)C2)C3)c1. The van der Waals surface area contributed by atoms with Gasteiger partial charge in [-0.2, -0.15) is 0 Å². The van der Waals surface area contributed by atoms with E-state index < -0.39 is 0 Å². The Morgan fingerprint density at radius 3 is 0.913 bits per heavy atom. The summed E-state index contributed by atoms with van der Waals surface area (Å²) in [5.41, 5.74) is 10.5. The zero-order valence-corrected chi connectivity index (χ0v) is 26.9. The first-order chi connectivity index (χ1) is 22.3. The predicted molar refractivity (Wildman–Crippen MR) is 187 cm³/mol. The average Bonchev–Trinajstić information content (AvgIpc) is 3.06. The molecule has 0 saturated heterocycles. The molecule has 0 nitrogen and oxygen atoms in total. The van der Waals surface area contributed by atoms with E-state index in [1.54, 1.807) is 11.1 Å². The van der Waals surface area contributed by atoms with Gasteiger partial charge in [-0.3, -0.25) is 0 Å². The van der Waals surface area contributed by atoms with Gasteiger partial charge in [0.15, 0.2) is 0 Å². The van der Waals surface area contributed by atoms with E-state index in [2.05, 4.69) is 72.2 Å². The molecule has 11 rings (SSSR count). The summed E-state index contributed by atoms with van der Waals surface area (Å²) in [6.07, 6.45) is 39.2. The molecular weight excluding hydrogens is 553 g/mol. The normalized spacial score (nSPS) is 37.7.